The molecule has 0 atom stereocenters. The molecule has 1 aliphatic carbocycles. The number of nitrogens with zero attached hydrogens (tertiary/aromatic N) is 1. The average molecular weight is 139 g/mol. The maximum absolute atomic E-state index is 10.8. The summed E-state index contributed by atoms with van der Waals surface area (Å²) in [6.07, 6.45) is 5.35. The smallest absolute Gasteiger partial charge is 0.324 e. The zero-order valence-electron chi connectivity index (χ0n) is 5.67. The predicted octanol–water partition coefficient (Wildman–Crippen LogP) is 1.20. The first kappa shape index (κ1) is 7.07. The van der Waals surface area contributed by atoms with Crippen molar-refractivity contribution in [1.82, 2.24) is 0 Å². The molecule has 0 saturated heterocycles. The van der Waals surface area contributed by atoms with Crippen LogP contribution in [-0.4, -0.2) is 5.97 Å². The van der Waals surface area contributed by atoms with Crippen LogP contribution in [0, 0.1) is 17.4 Å². The van der Waals surface area contributed by atoms with Crippen LogP contribution in [0.5, 0.6) is 0 Å². The molecule has 0 aromatic rings. The third kappa shape index (κ3) is 1.47. The number of hydrogen-bond donors (Lipinski definition) is 0. The molecule has 54 valence electrons. The lowest BCUT2D eigenvalue weighted by atomic mass is 10.1. The zero-order valence-corrected chi connectivity index (χ0v) is 5.67. The first-order valence-corrected chi connectivity index (χ1v) is 3.44. The van der Waals surface area contributed by atoms with Gasteiger partial charge in [-0.1, -0.05) is 12.8 Å². The van der Waals surface area contributed by atoms with Crippen LogP contribution in [0.2, 0.25) is 0 Å². The second kappa shape index (κ2) is 3.21. The van der Waals surface area contributed by atoms with Crippen molar-refractivity contribution in [1.29, 1.82) is 5.26 Å². The monoisotopic (exact) mass is 139 g/mol. The Morgan fingerprint density at radius 3 is 2.60 bits per heavy atom. The second-order valence-electron chi connectivity index (χ2n) is 2.49. The van der Waals surface area contributed by atoms with Crippen molar-refractivity contribution in [3.05, 3.63) is 0 Å². The maximum Gasteiger partial charge on any atom is 0.324 e. The summed E-state index contributed by atoms with van der Waals surface area (Å²) < 4.78 is 4.19. The molecule has 0 spiro atoms. The summed E-state index contributed by atoms with van der Waals surface area (Å²) in [4.78, 5) is 10.8. The maximum atomic E-state index is 10.8. The molecule has 0 aromatic heterocycles. The van der Waals surface area contributed by atoms with E-state index in [0.717, 1.165) is 25.7 Å². The van der Waals surface area contributed by atoms with Crippen molar-refractivity contribution in [2.75, 3.05) is 0 Å². The van der Waals surface area contributed by atoms with Gasteiger partial charge < -0.3 is 4.74 Å². The lowest BCUT2D eigenvalue weighted by Gasteiger charge is -2.00. The third-order valence-electron chi connectivity index (χ3n) is 1.83. The van der Waals surface area contributed by atoms with Gasteiger partial charge in [-0.15, -0.1) is 5.26 Å². The van der Waals surface area contributed by atoms with Gasteiger partial charge in [-0.2, -0.15) is 0 Å². The van der Waals surface area contributed by atoms with Crippen molar-refractivity contribution in [3.8, 4) is 6.26 Å². The minimum absolute atomic E-state index is 0.000324. The highest BCUT2D eigenvalue weighted by molar-refractivity contribution is 5.73. The molecule has 0 radical (unpaired) electrons. The number of esters is 1. The van der Waals surface area contributed by atoms with E-state index in [-0.39, 0.29) is 11.9 Å². The van der Waals surface area contributed by atoms with Gasteiger partial charge in [0.2, 0.25) is 0 Å². The zero-order chi connectivity index (χ0) is 7.40. The summed E-state index contributed by atoms with van der Waals surface area (Å²) in [7, 11) is 0. The molecule has 0 bridgehead atoms. The molecule has 3 heteroatoms. The standard InChI is InChI=1S/C7H9NO2/c8-5-10-7(9)6-3-1-2-4-6/h6H,1-4H2. The Hall–Kier alpha value is -1.04. The summed E-state index contributed by atoms with van der Waals surface area (Å²) in [6.45, 7) is 0. The number of nitriles is 1. The molecule has 1 aliphatic rings. The molecular formula is C7H9NO2. The first-order valence-electron chi connectivity index (χ1n) is 3.44. The highest BCUT2D eigenvalue weighted by Crippen LogP contribution is 2.25. The summed E-state index contributed by atoms with van der Waals surface area (Å²) >= 11 is 0. The van der Waals surface area contributed by atoms with Gasteiger partial charge in [0.25, 0.3) is 6.26 Å². The van der Waals surface area contributed by atoms with Crippen LogP contribution in [0.1, 0.15) is 25.7 Å². The van der Waals surface area contributed by atoms with E-state index in [9.17, 15) is 4.79 Å². The number of carbonyl (C=O) groups is 1. The second-order valence-corrected chi connectivity index (χ2v) is 2.49. The van der Waals surface area contributed by atoms with Crippen LogP contribution in [0.3, 0.4) is 0 Å². The Morgan fingerprint density at radius 1 is 1.50 bits per heavy atom. The SMILES string of the molecule is N#COC(=O)C1CCCC1. The van der Waals surface area contributed by atoms with E-state index in [4.69, 9.17) is 5.26 Å². The molecule has 0 aliphatic heterocycles. The molecule has 0 heterocycles. The van der Waals surface area contributed by atoms with Crippen LogP contribution < -0.4 is 0 Å². The van der Waals surface area contributed by atoms with Gasteiger partial charge in [0.15, 0.2) is 0 Å². The van der Waals surface area contributed by atoms with Gasteiger partial charge in [-0.05, 0) is 12.8 Å². The van der Waals surface area contributed by atoms with Gasteiger partial charge in [0, 0.05) is 0 Å². The van der Waals surface area contributed by atoms with E-state index >= 15 is 0 Å². The van der Waals surface area contributed by atoms with Crippen molar-refractivity contribution in [3.63, 3.8) is 0 Å². The van der Waals surface area contributed by atoms with Gasteiger partial charge in [-0.3, -0.25) is 4.79 Å². The highest BCUT2D eigenvalue weighted by atomic mass is 16.5. The molecule has 0 amide bonds. The summed E-state index contributed by atoms with van der Waals surface area (Å²) in [5.74, 6) is -0.348. The van der Waals surface area contributed by atoms with E-state index in [1.807, 2.05) is 0 Å². The predicted molar refractivity (Wildman–Crippen MR) is 33.7 cm³/mol. The lowest BCUT2D eigenvalue weighted by Crippen LogP contribution is -2.11. The fourth-order valence-electron chi connectivity index (χ4n) is 1.29. The Kier molecular flexibility index (Phi) is 2.27. The number of carbonyl (C=O) groups excluding carboxylic acids is 1. The van der Waals surface area contributed by atoms with Gasteiger partial charge >= 0.3 is 5.97 Å². The molecule has 1 saturated carbocycles. The molecular weight excluding hydrogens is 130 g/mol. The summed E-state index contributed by atoms with van der Waals surface area (Å²) in [5.41, 5.74) is 0. The van der Waals surface area contributed by atoms with E-state index in [2.05, 4.69) is 4.74 Å². The minimum Gasteiger partial charge on any atom is -0.351 e. The van der Waals surface area contributed by atoms with E-state index in [1.54, 1.807) is 0 Å². The third-order valence-corrected chi connectivity index (χ3v) is 1.83. The Labute approximate surface area is 59.6 Å². The highest BCUT2D eigenvalue weighted by Gasteiger charge is 2.23. The Balaban J connectivity index is 2.34. The molecule has 1 fully saturated rings. The number of rotatable bonds is 1. The Bertz CT molecular complexity index is 165. The van der Waals surface area contributed by atoms with Crippen LogP contribution in [0.25, 0.3) is 0 Å². The average Bonchev–Trinajstić information content (AvgIpc) is 2.38. The van der Waals surface area contributed by atoms with Gasteiger partial charge in [0.1, 0.15) is 0 Å². The fraction of sp³-hybridized carbons (Fsp3) is 0.714. The largest absolute Gasteiger partial charge is 0.351 e. The molecule has 3 nitrogen and oxygen atoms in total. The molecule has 0 N–H and O–H groups in total. The Morgan fingerprint density at radius 2 is 2.10 bits per heavy atom. The van der Waals surface area contributed by atoms with Crippen LogP contribution in [-0.2, 0) is 9.53 Å². The van der Waals surface area contributed by atoms with Gasteiger partial charge in [0.05, 0.1) is 5.92 Å². The van der Waals surface area contributed by atoms with Crippen LogP contribution in [0.15, 0.2) is 0 Å². The molecule has 10 heavy (non-hydrogen) atoms. The minimum atomic E-state index is -0.347. The molecule has 0 unspecified atom stereocenters. The van der Waals surface area contributed by atoms with Crippen LogP contribution >= 0.6 is 0 Å². The fourth-order valence-corrected chi connectivity index (χ4v) is 1.29. The van der Waals surface area contributed by atoms with Crippen molar-refractivity contribution < 1.29 is 9.53 Å². The van der Waals surface area contributed by atoms with E-state index in [0.29, 0.717) is 0 Å². The first-order chi connectivity index (χ1) is 4.84. The number of hydrogen-bond acceptors (Lipinski definition) is 3. The van der Waals surface area contributed by atoms with Gasteiger partial charge in [-0.25, -0.2) is 0 Å². The van der Waals surface area contributed by atoms with E-state index < -0.39 is 0 Å². The quantitative estimate of drug-likeness (QED) is 0.405. The van der Waals surface area contributed by atoms with E-state index in [1.165, 1.54) is 6.26 Å². The molecule has 0 aromatic carbocycles. The topological polar surface area (TPSA) is 50.1 Å². The van der Waals surface area contributed by atoms with Crippen molar-refractivity contribution in [2.24, 2.45) is 5.92 Å². The van der Waals surface area contributed by atoms with Crippen LogP contribution in [0.4, 0.5) is 0 Å². The summed E-state index contributed by atoms with van der Waals surface area (Å²) in [6, 6.07) is 0. The molecule has 1 rings (SSSR count). The number of ether oxygens (including phenoxy) is 1. The summed E-state index contributed by atoms with van der Waals surface area (Å²) in [5, 5.41) is 8.00. The lowest BCUT2D eigenvalue weighted by molar-refractivity contribution is -0.141. The van der Waals surface area contributed by atoms with Crippen molar-refractivity contribution in [2.45, 2.75) is 25.7 Å². The van der Waals surface area contributed by atoms with Crippen molar-refractivity contribution >= 4 is 5.97 Å². The normalized spacial score (nSPS) is 18.3.